The number of aromatic nitrogens is 3. The van der Waals surface area contributed by atoms with E-state index in [0.717, 1.165) is 10.1 Å². The Morgan fingerprint density at radius 2 is 1.95 bits per heavy atom. The van der Waals surface area contributed by atoms with Gasteiger partial charge in [-0.25, -0.2) is 9.78 Å². The van der Waals surface area contributed by atoms with Crippen LogP contribution in [-0.2, 0) is 23.6 Å². The van der Waals surface area contributed by atoms with E-state index in [2.05, 4.69) is 4.98 Å². The fourth-order valence-corrected chi connectivity index (χ4v) is 3.22. The summed E-state index contributed by atoms with van der Waals surface area (Å²) < 4.78 is 7.08. The van der Waals surface area contributed by atoms with Gasteiger partial charge in [0.15, 0.2) is 0 Å². The van der Waals surface area contributed by atoms with Crippen LogP contribution in [0.25, 0.3) is 11.0 Å². The van der Waals surface area contributed by atoms with Crippen molar-refractivity contribution in [2.24, 2.45) is 14.1 Å². The van der Waals surface area contributed by atoms with E-state index in [1.807, 2.05) is 6.92 Å². The summed E-state index contributed by atoms with van der Waals surface area (Å²) >= 11 is 1.23. The van der Waals surface area contributed by atoms with Gasteiger partial charge in [-0.05, 0) is 19.4 Å². The number of esters is 1. The van der Waals surface area contributed by atoms with Crippen molar-refractivity contribution >= 4 is 28.8 Å². The first-order valence-corrected chi connectivity index (χ1v) is 7.47. The fourth-order valence-electron chi connectivity index (χ4n) is 2.14. The lowest BCUT2D eigenvalue weighted by atomic mass is 10.2. The minimum atomic E-state index is -0.476. The van der Waals surface area contributed by atoms with Crippen LogP contribution in [0, 0.1) is 6.92 Å². The third-order valence-corrected chi connectivity index (χ3v) is 4.73. The average Bonchev–Trinajstić information content (AvgIpc) is 2.51. The highest BCUT2D eigenvalue weighted by Crippen LogP contribution is 2.31. The first-order valence-electron chi connectivity index (χ1n) is 6.59. The number of hydrogen-bond acceptors (Lipinski definition) is 6. The molecule has 8 heteroatoms. The van der Waals surface area contributed by atoms with Gasteiger partial charge in [0.25, 0.3) is 5.56 Å². The second kappa shape index (κ2) is 5.96. The summed E-state index contributed by atoms with van der Waals surface area (Å²) in [6.07, 6.45) is 1.59. The van der Waals surface area contributed by atoms with Crippen LogP contribution in [0.1, 0.15) is 12.5 Å². The highest BCUT2D eigenvalue weighted by Gasteiger charge is 2.21. The lowest BCUT2D eigenvalue weighted by molar-refractivity contribution is -0.139. The number of carbonyl (C=O) groups is 1. The van der Waals surface area contributed by atoms with E-state index in [1.54, 1.807) is 20.2 Å². The number of hydrogen-bond donors (Lipinski definition) is 0. The molecule has 1 unspecified atom stereocenters. The number of methoxy groups -OCH3 is 1. The zero-order valence-corrected chi connectivity index (χ0v) is 13.9. The van der Waals surface area contributed by atoms with Crippen LogP contribution < -0.4 is 11.2 Å². The van der Waals surface area contributed by atoms with Crippen LogP contribution in [0.3, 0.4) is 0 Å². The predicted molar refractivity (Wildman–Crippen MR) is 84.3 cm³/mol. The molecule has 0 aromatic carbocycles. The van der Waals surface area contributed by atoms with Crippen LogP contribution in [-0.4, -0.2) is 32.4 Å². The van der Waals surface area contributed by atoms with E-state index >= 15 is 0 Å². The Labute approximate surface area is 130 Å². The molecule has 0 amide bonds. The second-order valence-electron chi connectivity index (χ2n) is 4.96. The molecule has 2 aromatic rings. The molecule has 118 valence electrons. The van der Waals surface area contributed by atoms with Gasteiger partial charge < -0.3 is 4.74 Å². The van der Waals surface area contributed by atoms with Crippen molar-refractivity contribution in [2.45, 2.75) is 24.0 Å². The number of thioether (sulfide) groups is 1. The maximum atomic E-state index is 12.5. The van der Waals surface area contributed by atoms with Crippen molar-refractivity contribution in [1.82, 2.24) is 14.1 Å². The van der Waals surface area contributed by atoms with Crippen molar-refractivity contribution in [2.75, 3.05) is 7.11 Å². The maximum Gasteiger partial charge on any atom is 0.332 e. The minimum Gasteiger partial charge on any atom is -0.468 e. The molecule has 0 spiro atoms. The minimum absolute atomic E-state index is 0.304. The Balaban J connectivity index is 2.79. The van der Waals surface area contributed by atoms with Crippen molar-refractivity contribution < 1.29 is 9.53 Å². The van der Waals surface area contributed by atoms with Crippen molar-refractivity contribution in [1.29, 1.82) is 0 Å². The van der Waals surface area contributed by atoms with E-state index in [-0.39, 0.29) is 5.97 Å². The highest BCUT2D eigenvalue weighted by molar-refractivity contribution is 8.00. The third-order valence-electron chi connectivity index (χ3n) is 3.43. The molecule has 0 saturated heterocycles. The van der Waals surface area contributed by atoms with Gasteiger partial charge in [0, 0.05) is 25.2 Å². The van der Waals surface area contributed by atoms with Crippen molar-refractivity contribution in [3.05, 3.63) is 32.6 Å². The van der Waals surface area contributed by atoms with Crippen molar-refractivity contribution in [3.63, 3.8) is 0 Å². The predicted octanol–water partition coefficient (Wildman–Crippen LogP) is 0.594. The van der Waals surface area contributed by atoms with Crippen LogP contribution in [0.4, 0.5) is 0 Å². The summed E-state index contributed by atoms with van der Waals surface area (Å²) in [6.45, 7) is 3.51. The summed E-state index contributed by atoms with van der Waals surface area (Å²) in [6, 6.07) is 0. The summed E-state index contributed by atoms with van der Waals surface area (Å²) in [7, 11) is 4.30. The molecule has 0 aliphatic rings. The Hall–Kier alpha value is -2.09. The van der Waals surface area contributed by atoms with Gasteiger partial charge in [-0.2, -0.15) is 0 Å². The third kappa shape index (κ3) is 2.54. The fraction of sp³-hybridized carbons (Fsp3) is 0.429. The summed E-state index contributed by atoms with van der Waals surface area (Å²) in [5.41, 5.74) is 0.210. The zero-order valence-electron chi connectivity index (χ0n) is 13.0. The zero-order chi connectivity index (χ0) is 16.6. The Morgan fingerprint density at radius 1 is 1.32 bits per heavy atom. The molecule has 2 aromatic heterocycles. The van der Waals surface area contributed by atoms with Gasteiger partial charge in [0.05, 0.1) is 12.5 Å². The summed E-state index contributed by atoms with van der Waals surface area (Å²) in [4.78, 5) is 40.9. The Kier molecular flexibility index (Phi) is 4.41. The standard InChI is InChI=1S/C14H17N3O4S/c1-7-6-15-11-9(10(7)22-8(2)13(19)21-5)12(18)17(4)14(20)16(11)3/h6,8H,1-5H3. The van der Waals surface area contributed by atoms with E-state index in [9.17, 15) is 14.4 Å². The molecule has 22 heavy (non-hydrogen) atoms. The number of aryl methyl sites for hydroxylation is 2. The molecule has 2 heterocycles. The SMILES string of the molecule is COC(=O)C(C)Sc1c(C)cnc2c1c(=O)n(C)c(=O)n2C. The maximum absolute atomic E-state index is 12.5. The molecule has 0 bridgehead atoms. The molecular weight excluding hydrogens is 306 g/mol. The quantitative estimate of drug-likeness (QED) is 0.607. The largest absolute Gasteiger partial charge is 0.468 e. The topological polar surface area (TPSA) is 83.2 Å². The lowest BCUT2D eigenvalue weighted by Gasteiger charge is -2.14. The molecule has 0 radical (unpaired) electrons. The van der Waals surface area contributed by atoms with Crippen LogP contribution in [0.2, 0.25) is 0 Å². The van der Waals surface area contributed by atoms with Gasteiger partial charge in [-0.15, -0.1) is 11.8 Å². The van der Waals surface area contributed by atoms with E-state index in [1.165, 1.54) is 30.5 Å². The molecule has 0 aliphatic heterocycles. The molecule has 0 saturated carbocycles. The first-order chi connectivity index (χ1) is 10.3. The normalized spacial score (nSPS) is 12.4. The van der Waals surface area contributed by atoms with E-state index < -0.39 is 16.5 Å². The number of fused-ring (bicyclic) bond motifs is 1. The number of pyridine rings is 1. The molecule has 1 atom stereocenters. The van der Waals surface area contributed by atoms with E-state index in [4.69, 9.17) is 4.74 Å². The average molecular weight is 323 g/mol. The van der Waals surface area contributed by atoms with Gasteiger partial charge in [-0.1, -0.05) is 0 Å². The van der Waals surface area contributed by atoms with E-state index in [0.29, 0.717) is 15.9 Å². The highest BCUT2D eigenvalue weighted by atomic mass is 32.2. The number of rotatable bonds is 3. The molecule has 0 fully saturated rings. The number of ether oxygens (including phenoxy) is 1. The lowest BCUT2D eigenvalue weighted by Crippen LogP contribution is -2.37. The molecule has 2 rings (SSSR count). The number of carbonyl (C=O) groups excluding carboxylic acids is 1. The Morgan fingerprint density at radius 3 is 2.55 bits per heavy atom. The van der Waals surface area contributed by atoms with Gasteiger partial charge in [0.2, 0.25) is 0 Å². The second-order valence-corrected chi connectivity index (χ2v) is 6.31. The molecule has 0 aliphatic carbocycles. The van der Waals surface area contributed by atoms with Gasteiger partial charge >= 0.3 is 11.7 Å². The monoisotopic (exact) mass is 323 g/mol. The van der Waals surface area contributed by atoms with Crippen LogP contribution >= 0.6 is 11.8 Å². The smallest absolute Gasteiger partial charge is 0.332 e. The molecule has 7 nitrogen and oxygen atoms in total. The van der Waals surface area contributed by atoms with Crippen molar-refractivity contribution in [3.8, 4) is 0 Å². The van der Waals surface area contributed by atoms with Gasteiger partial charge in [0.1, 0.15) is 10.9 Å². The number of nitrogens with zero attached hydrogens (tertiary/aromatic N) is 3. The van der Waals surface area contributed by atoms with Gasteiger partial charge in [-0.3, -0.25) is 18.7 Å². The van der Waals surface area contributed by atoms with Crippen LogP contribution in [0.5, 0.6) is 0 Å². The first kappa shape index (κ1) is 16.3. The van der Waals surface area contributed by atoms with Crippen LogP contribution in [0.15, 0.2) is 20.7 Å². The Bertz CT molecular complexity index is 869. The summed E-state index contributed by atoms with van der Waals surface area (Å²) in [5.74, 6) is -0.379. The molecular formula is C14H17N3O4S. The molecule has 0 N–H and O–H groups in total. The summed E-state index contributed by atoms with van der Waals surface area (Å²) in [5, 5.41) is -0.137.